The Hall–Kier alpha value is -3.46. The highest BCUT2D eigenvalue weighted by atomic mass is 16.6. The molecule has 9 nitrogen and oxygen atoms in total. The van der Waals surface area contributed by atoms with E-state index >= 15 is 0 Å². The molecule has 144 valence electrons. The monoisotopic (exact) mass is 374 g/mol. The summed E-state index contributed by atoms with van der Waals surface area (Å²) in [4.78, 5) is 10.4. The number of nitro benzene ring substituents is 1. The van der Waals surface area contributed by atoms with Gasteiger partial charge in [0.25, 0.3) is 5.69 Å². The average Bonchev–Trinajstić information content (AvgIpc) is 2.70. The molecule has 4 N–H and O–H groups in total. The Bertz CT molecular complexity index is 850. The average molecular weight is 374 g/mol. The van der Waals surface area contributed by atoms with Crippen molar-refractivity contribution >= 4 is 17.1 Å². The minimum absolute atomic E-state index is 0.0123. The van der Waals surface area contributed by atoms with E-state index in [9.17, 15) is 10.1 Å². The summed E-state index contributed by atoms with van der Waals surface area (Å²) in [6.45, 7) is 0. The highest BCUT2D eigenvalue weighted by molar-refractivity contribution is 5.91. The van der Waals surface area contributed by atoms with Gasteiger partial charge in [0.05, 0.1) is 37.6 Å². The zero-order valence-corrected chi connectivity index (χ0v) is 15.5. The van der Waals surface area contributed by atoms with E-state index in [1.807, 2.05) is 0 Å². The van der Waals surface area contributed by atoms with Crippen molar-refractivity contribution in [1.29, 1.82) is 0 Å². The van der Waals surface area contributed by atoms with Gasteiger partial charge < -0.3 is 25.4 Å². The fraction of sp³-hybridized carbons (Fsp3) is 0.222. The lowest BCUT2D eigenvalue weighted by molar-refractivity contribution is -0.384. The molecule has 0 radical (unpaired) electrons. The Kier molecular flexibility index (Phi) is 6.45. The van der Waals surface area contributed by atoms with Crippen LogP contribution in [0.3, 0.4) is 0 Å². The second-order valence-electron chi connectivity index (χ2n) is 5.38. The zero-order chi connectivity index (χ0) is 20.0. The number of benzene rings is 2. The molecule has 0 spiro atoms. The number of ether oxygens (including phenoxy) is 3. The van der Waals surface area contributed by atoms with Crippen LogP contribution in [-0.4, -0.2) is 33.3 Å². The van der Waals surface area contributed by atoms with Gasteiger partial charge in [0.15, 0.2) is 11.5 Å². The van der Waals surface area contributed by atoms with E-state index in [4.69, 9.17) is 19.9 Å². The lowest BCUT2D eigenvalue weighted by Gasteiger charge is -2.18. The number of hydrogen-bond donors (Lipinski definition) is 3. The number of non-ortho nitro benzene ring substituents is 1. The molecule has 0 unspecified atom stereocenters. The fourth-order valence-electron chi connectivity index (χ4n) is 2.56. The van der Waals surface area contributed by atoms with Crippen molar-refractivity contribution < 1.29 is 19.1 Å². The van der Waals surface area contributed by atoms with E-state index in [1.165, 1.54) is 33.5 Å². The van der Waals surface area contributed by atoms with Crippen LogP contribution in [0.4, 0.5) is 5.69 Å². The van der Waals surface area contributed by atoms with Crippen LogP contribution in [0.25, 0.3) is 11.4 Å². The van der Waals surface area contributed by atoms with E-state index in [0.717, 1.165) is 0 Å². The number of nitrogens with two attached hydrogens (primary N) is 1. The second-order valence-corrected chi connectivity index (χ2v) is 5.38. The molecule has 0 saturated heterocycles. The topological polar surface area (TPSA) is 121 Å². The van der Waals surface area contributed by atoms with Gasteiger partial charge in [-0.2, -0.15) is 0 Å². The first-order valence-corrected chi connectivity index (χ1v) is 7.94. The van der Waals surface area contributed by atoms with Crippen molar-refractivity contribution in [2.45, 2.75) is 0 Å². The highest BCUT2D eigenvalue weighted by Crippen LogP contribution is 2.39. The Labute approximate surface area is 156 Å². The summed E-state index contributed by atoms with van der Waals surface area (Å²) in [5.74, 6) is 1.44. The van der Waals surface area contributed by atoms with Gasteiger partial charge in [-0.3, -0.25) is 10.1 Å². The highest BCUT2D eigenvalue weighted by Gasteiger charge is 2.19. The molecular weight excluding hydrogens is 352 g/mol. The van der Waals surface area contributed by atoms with Crippen molar-refractivity contribution in [1.82, 2.24) is 10.9 Å². The van der Waals surface area contributed by atoms with Crippen molar-refractivity contribution in [3.05, 3.63) is 57.6 Å². The fourth-order valence-corrected chi connectivity index (χ4v) is 2.56. The van der Waals surface area contributed by atoms with E-state index in [1.54, 1.807) is 31.3 Å². The van der Waals surface area contributed by atoms with Gasteiger partial charge in [0, 0.05) is 36.4 Å². The van der Waals surface area contributed by atoms with E-state index in [-0.39, 0.29) is 5.69 Å². The minimum Gasteiger partial charge on any atom is -0.497 e. The van der Waals surface area contributed by atoms with Crippen LogP contribution in [0.5, 0.6) is 17.2 Å². The van der Waals surface area contributed by atoms with Gasteiger partial charge in [-0.1, -0.05) is 0 Å². The number of nitro groups is 1. The number of hydrazine groups is 1. The second kappa shape index (κ2) is 8.77. The molecule has 0 aromatic heterocycles. The molecule has 27 heavy (non-hydrogen) atoms. The molecule has 0 saturated carbocycles. The minimum atomic E-state index is -0.460. The maximum atomic E-state index is 10.9. The Morgan fingerprint density at radius 2 is 1.74 bits per heavy atom. The first-order chi connectivity index (χ1) is 13.0. The van der Waals surface area contributed by atoms with Crippen LogP contribution in [0.2, 0.25) is 0 Å². The summed E-state index contributed by atoms with van der Waals surface area (Å²) in [6, 6.07) is 9.43. The Morgan fingerprint density at radius 3 is 2.22 bits per heavy atom. The number of nitrogens with zero attached hydrogens (tertiary/aromatic N) is 1. The lowest BCUT2D eigenvalue weighted by Crippen LogP contribution is -2.28. The largest absolute Gasteiger partial charge is 0.497 e. The first kappa shape index (κ1) is 19.9. The third-order valence-electron chi connectivity index (χ3n) is 3.86. The summed E-state index contributed by atoms with van der Waals surface area (Å²) in [7, 11) is 6.25. The predicted octanol–water partition coefficient (Wildman–Crippen LogP) is 2.13. The van der Waals surface area contributed by atoms with Gasteiger partial charge in [-0.15, -0.1) is 0 Å². The molecule has 2 aromatic rings. The number of rotatable bonds is 8. The summed E-state index contributed by atoms with van der Waals surface area (Å²) in [6.07, 6.45) is 0. The van der Waals surface area contributed by atoms with E-state index in [2.05, 4.69) is 10.9 Å². The molecule has 0 fully saturated rings. The van der Waals surface area contributed by atoms with Crippen molar-refractivity contribution in [3.8, 4) is 17.2 Å². The number of nitrogens with one attached hydrogen (secondary N) is 2. The summed E-state index contributed by atoms with van der Waals surface area (Å²) in [5.41, 5.74) is 14.3. The summed E-state index contributed by atoms with van der Waals surface area (Å²) in [5, 5.41) is 10.9. The van der Waals surface area contributed by atoms with Gasteiger partial charge in [-0.05, 0) is 18.2 Å². The SMILES string of the molecule is CNN/C(=C(\N)c1cc(OC)cc(OC)c1OC)c1ccc([N+](=O)[O-])cc1. The van der Waals surface area contributed by atoms with Crippen molar-refractivity contribution in [2.24, 2.45) is 5.73 Å². The maximum absolute atomic E-state index is 10.9. The predicted molar refractivity (Wildman–Crippen MR) is 102 cm³/mol. The molecule has 0 bridgehead atoms. The summed E-state index contributed by atoms with van der Waals surface area (Å²) >= 11 is 0. The summed E-state index contributed by atoms with van der Waals surface area (Å²) < 4.78 is 16.1. The third kappa shape index (κ3) is 4.21. The van der Waals surface area contributed by atoms with E-state index < -0.39 is 4.92 Å². The van der Waals surface area contributed by atoms with Gasteiger partial charge >= 0.3 is 0 Å². The van der Waals surface area contributed by atoms with Gasteiger partial charge in [-0.25, -0.2) is 5.43 Å². The molecule has 0 atom stereocenters. The van der Waals surface area contributed by atoms with Crippen LogP contribution >= 0.6 is 0 Å². The lowest BCUT2D eigenvalue weighted by atomic mass is 10.0. The molecular formula is C18H22N4O5. The van der Waals surface area contributed by atoms with Crippen LogP contribution in [0, 0.1) is 10.1 Å². The van der Waals surface area contributed by atoms with E-state index in [0.29, 0.717) is 39.8 Å². The quantitative estimate of drug-likeness (QED) is 0.365. The van der Waals surface area contributed by atoms with Gasteiger partial charge in [0.2, 0.25) is 0 Å². The molecule has 2 rings (SSSR count). The Balaban J connectivity index is 2.67. The first-order valence-electron chi connectivity index (χ1n) is 7.94. The zero-order valence-electron chi connectivity index (χ0n) is 15.5. The molecule has 2 aromatic carbocycles. The number of hydrogen-bond acceptors (Lipinski definition) is 8. The Morgan fingerprint density at radius 1 is 1.07 bits per heavy atom. The molecule has 9 heteroatoms. The number of methoxy groups -OCH3 is 3. The molecule has 0 aliphatic rings. The standard InChI is InChI=1S/C18H22N4O5/c1-20-21-17(11-5-7-12(8-6-11)22(23)24)16(19)14-9-13(25-2)10-15(26-3)18(14)27-4/h5-10,20-21H,19H2,1-4H3/b17-16-. The van der Waals surface area contributed by atoms with Crippen LogP contribution in [0.15, 0.2) is 36.4 Å². The molecule has 0 aliphatic carbocycles. The maximum Gasteiger partial charge on any atom is 0.269 e. The van der Waals surface area contributed by atoms with Crippen LogP contribution < -0.4 is 30.8 Å². The van der Waals surface area contributed by atoms with Crippen LogP contribution in [0.1, 0.15) is 11.1 Å². The smallest absolute Gasteiger partial charge is 0.269 e. The molecule has 0 heterocycles. The van der Waals surface area contributed by atoms with Crippen LogP contribution in [-0.2, 0) is 0 Å². The third-order valence-corrected chi connectivity index (χ3v) is 3.86. The molecule has 0 aliphatic heterocycles. The van der Waals surface area contributed by atoms with Crippen molar-refractivity contribution in [3.63, 3.8) is 0 Å². The molecule has 0 amide bonds. The normalized spacial score (nSPS) is 11.4. The van der Waals surface area contributed by atoms with Gasteiger partial charge in [0.1, 0.15) is 5.75 Å². The van der Waals surface area contributed by atoms with Crippen molar-refractivity contribution in [2.75, 3.05) is 28.4 Å².